The van der Waals surface area contributed by atoms with Crippen molar-refractivity contribution in [3.63, 3.8) is 0 Å². The maximum absolute atomic E-state index is 12.3. The Morgan fingerprint density at radius 2 is 2.00 bits per heavy atom. The molecule has 0 radical (unpaired) electrons. The molecule has 0 aromatic rings. The van der Waals surface area contributed by atoms with Crippen molar-refractivity contribution in [1.82, 2.24) is 10.2 Å². The normalized spacial score (nSPS) is 25.7. The van der Waals surface area contributed by atoms with Gasteiger partial charge < -0.3 is 10.2 Å². The van der Waals surface area contributed by atoms with E-state index >= 15 is 0 Å². The fraction of sp³-hybridized carbons (Fsp3) is 0.867. The third-order valence-corrected chi connectivity index (χ3v) is 4.37. The van der Waals surface area contributed by atoms with E-state index in [4.69, 9.17) is 5.26 Å². The van der Waals surface area contributed by atoms with E-state index in [0.29, 0.717) is 12.5 Å². The van der Waals surface area contributed by atoms with Crippen molar-refractivity contribution in [2.24, 2.45) is 5.92 Å². The molecule has 2 fully saturated rings. The highest BCUT2D eigenvalue weighted by Gasteiger charge is 2.27. The molecule has 0 aromatic heterocycles. The van der Waals surface area contributed by atoms with Crippen molar-refractivity contribution in [2.45, 2.75) is 57.4 Å². The third-order valence-electron chi connectivity index (χ3n) is 4.37. The number of hydrogen-bond donors (Lipinski definition) is 1. The second-order valence-electron chi connectivity index (χ2n) is 5.89. The average Bonchev–Trinajstić information content (AvgIpc) is 2.46. The van der Waals surface area contributed by atoms with Crippen molar-refractivity contribution in [2.75, 3.05) is 19.6 Å². The molecule has 0 spiro atoms. The quantitative estimate of drug-likeness (QED) is 0.844. The van der Waals surface area contributed by atoms with Gasteiger partial charge in [0.25, 0.3) is 0 Å². The van der Waals surface area contributed by atoms with Crippen molar-refractivity contribution in [3.05, 3.63) is 0 Å². The lowest BCUT2D eigenvalue weighted by molar-refractivity contribution is -0.127. The molecule has 1 aliphatic carbocycles. The Hall–Kier alpha value is -1.08. The summed E-state index contributed by atoms with van der Waals surface area (Å²) >= 11 is 0. The monoisotopic (exact) mass is 263 g/mol. The zero-order chi connectivity index (χ0) is 13.5. The number of nitrogens with zero attached hydrogens (tertiary/aromatic N) is 2. The number of nitrogens with one attached hydrogen (secondary N) is 1. The minimum absolute atomic E-state index is 0.134. The van der Waals surface area contributed by atoms with Crippen molar-refractivity contribution < 1.29 is 4.79 Å². The number of likely N-dealkylation sites (tertiary alicyclic amines) is 1. The Balaban J connectivity index is 1.76. The highest BCUT2D eigenvalue weighted by Crippen LogP contribution is 2.20. The van der Waals surface area contributed by atoms with Crippen LogP contribution in [0.15, 0.2) is 0 Å². The van der Waals surface area contributed by atoms with Gasteiger partial charge in [-0.15, -0.1) is 0 Å². The van der Waals surface area contributed by atoms with Gasteiger partial charge in [0.2, 0.25) is 5.91 Å². The summed E-state index contributed by atoms with van der Waals surface area (Å²) in [5, 5.41) is 11.9. The molecule has 2 rings (SSSR count). The van der Waals surface area contributed by atoms with Crippen LogP contribution in [0.3, 0.4) is 0 Å². The SMILES string of the molecule is N#CCCN1CCCC(C(=O)NC2CCCCC2)C1. The maximum Gasteiger partial charge on any atom is 0.224 e. The third kappa shape index (κ3) is 4.50. The van der Waals surface area contributed by atoms with Crippen LogP contribution in [0.25, 0.3) is 0 Å². The van der Waals surface area contributed by atoms with Crippen LogP contribution in [-0.2, 0) is 4.79 Å². The second kappa shape index (κ2) is 7.49. The van der Waals surface area contributed by atoms with Gasteiger partial charge in [-0.1, -0.05) is 19.3 Å². The molecule has 2 aliphatic rings. The minimum atomic E-state index is 0.134. The van der Waals surface area contributed by atoms with Crippen LogP contribution in [-0.4, -0.2) is 36.5 Å². The highest BCUT2D eigenvalue weighted by molar-refractivity contribution is 5.79. The van der Waals surface area contributed by atoms with E-state index in [1.54, 1.807) is 0 Å². The predicted octanol–water partition coefficient (Wildman–Crippen LogP) is 2.06. The van der Waals surface area contributed by atoms with Gasteiger partial charge >= 0.3 is 0 Å². The molecule has 4 nitrogen and oxygen atoms in total. The molecule has 1 saturated carbocycles. The lowest BCUT2D eigenvalue weighted by Gasteiger charge is -2.33. The highest BCUT2D eigenvalue weighted by atomic mass is 16.2. The van der Waals surface area contributed by atoms with Crippen LogP contribution in [0, 0.1) is 17.2 Å². The zero-order valence-corrected chi connectivity index (χ0v) is 11.7. The summed E-state index contributed by atoms with van der Waals surface area (Å²) in [7, 11) is 0. The van der Waals surface area contributed by atoms with Gasteiger partial charge in [0.05, 0.1) is 12.0 Å². The van der Waals surface area contributed by atoms with Crippen molar-refractivity contribution in [1.29, 1.82) is 5.26 Å². The fourth-order valence-electron chi connectivity index (χ4n) is 3.25. The molecule has 1 saturated heterocycles. The minimum Gasteiger partial charge on any atom is -0.353 e. The molecule has 1 heterocycles. The smallest absolute Gasteiger partial charge is 0.224 e. The Labute approximate surface area is 116 Å². The summed E-state index contributed by atoms with van der Waals surface area (Å²) in [5.74, 6) is 0.378. The van der Waals surface area contributed by atoms with Crippen LogP contribution in [0.2, 0.25) is 0 Å². The van der Waals surface area contributed by atoms with E-state index in [1.807, 2.05) is 0 Å². The lowest BCUT2D eigenvalue weighted by Crippen LogP contribution is -2.46. The Bertz CT molecular complexity index is 331. The van der Waals surface area contributed by atoms with Crippen LogP contribution < -0.4 is 5.32 Å². The van der Waals surface area contributed by atoms with E-state index in [0.717, 1.165) is 45.3 Å². The van der Waals surface area contributed by atoms with Crippen LogP contribution in [0.5, 0.6) is 0 Å². The van der Waals surface area contributed by atoms with Gasteiger partial charge in [-0.3, -0.25) is 4.79 Å². The number of piperidine rings is 1. The number of rotatable bonds is 4. The first-order valence-corrected chi connectivity index (χ1v) is 7.69. The van der Waals surface area contributed by atoms with Gasteiger partial charge in [-0.05, 0) is 32.2 Å². The van der Waals surface area contributed by atoms with E-state index in [2.05, 4.69) is 16.3 Å². The average molecular weight is 263 g/mol. The van der Waals surface area contributed by atoms with Gasteiger partial charge in [0, 0.05) is 25.6 Å². The molecule has 1 atom stereocenters. The van der Waals surface area contributed by atoms with Gasteiger partial charge in [0.1, 0.15) is 0 Å². The molecule has 0 aromatic carbocycles. The van der Waals surface area contributed by atoms with Crippen molar-refractivity contribution >= 4 is 5.91 Å². The first-order chi connectivity index (χ1) is 9.29. The summed E-state index contributed by atoms with van der Waals surface area (Å²) in [6.07, 6.45) is 8.77. The molecule has 4 heteroatoms. The van der Waals surface area contributed by atoms with E-state index < -0.39 is 0 Å². The molecular weight excluding hydrogens is 238 g/mol. The van der Waals surface area contributed by atoms with Crippen molar-refractivity contribution in [3.8, 4) is 6.07 Å². The summed E-state index contributed by atoms with van der Waals surface area (Å²) in [6, 6.07) is 2.60. The molecule has 1 aliphatic heterocycles. The van der Waals surface area contributed by atoms with Gasteiger partial charge in [-0.2, -0.15) is 5.26 Å². The summed E-state index contributed by atoms with van der Waals surface area (Å²) < 4.78 is 0. The first-order valence-electron chi connectivity index (χ1n) is 7.69. The topological polar surface area (TPSA) is 56.1 Å². The van der Waals surface area contributed by atoms with Crippen LogP contribution in [0.1, 0.15) is 51.4 Å². The summed E-state index contributed by atoms with van der Waals surface area (Å²) in [4.78, 5) is 14.5. The molecule has 0 bridgehead atoms. The number of amides is 1. The number of carbonyl (C=O) groups excluding carboxylic acids is 1. The summed E-state index contributed by atoms with van der Waals surface area (Å²) in [5.41, 5.74) is 0. The Morgan fingerprint density at radius 3 is 2.74 bits per heavy atom. The molecular formula is C15H25N3O. The zero-order valence-electron chi connectivity index (χ0n) is 11.7. The summed E-state index contributed by atoms with van der Waals surface area (Å²) in [6.45, 7) is 2.68. The lowest BCUT2D eigenvalue weighted by atomic mass is 9.93. The fourth-order valence-corrected chi connectivity index (χ4v) is 3.25. The molecule has 1 amide bonds. The largest absolute Gasteiger partial charge is 0.353 e. The van der Waals surface area contributed by atoms with Crippen LogP contribution in [0.4, 0.5) is 0 Å². The van der Waals surface area contributed by atoms with E-state index in [-0.39, 0.29) is 11.8 Å². The molecule has 19 heavy (non-hydrogen) atoms. The molecule has 106 valence electrons. The van der Waals surface area contributed by atoms with Gasteiger partial charge in [0.15, 0.2) is 0 Å². The predicted molar refractivity (Wildman–Crippen MR) is 74.4 cm³/mol. The molecule has 1 unspecified atom stereocenters. The first kappa shape index (κ1) is 14.3. The van der Waals surface area contributed by atoms with Crippen LogP contribution >= 0.6 is 0 Å². The van der Waals surface area contributed by atoms with E-state index in [9.17, 15) is 4.79 Å². The number of hydrogen-bond acceptors (Lipinski definition) is 3. The van der Waals surface area contributed by atoms with E-state index in [1.165, 1.54) is 19.3 Å². The standard InChI is InChI=1S/C15H25N3O/c16-9-5-11-18-10-4-6-13(12-18)15(19)17-14-7-2-1-3-8-14/h13-14H,1-8,10-12H2,(H,17,19). The second-order valence-corrected chi connectivity index (χ2v) is 5.89. The molecule has 1 N–H and O–H groups in total. The Morgan fingerprint density at radius 1 is 1.21 bits per heavy atom. The maximum atomic E-state index is 12.3. The number of carbonyl (C=O) groups is 1. The van der Waals surface area contributed by atoms with Gasteiger partial charge in [-0.25, -0.2) is 0 Å². The number of nitriles is 1. The Kier molecular flexibility index (Phi) is 5.65.